The van der Waals surface area contributed by atoms with Crippen molar-refractivity contribution in [1.82, 2.24) is 0 Å². The Labute approximate surface area is 112 Å². The predicted octanol–water partition coefficient (Wildman–Crippen LogP) is 3.39. The molecule has 0 heterocycles. The molecule has 4 heteroatoms. The Morgan fingerprint density at radius 1 is 1.33 bits per heavy atom. The van der Waals surface area contributed by atoms with E-state index < -0.39 is 0 Å². The minimum atomic E-state index is -0.299. The van der Waals surface area contributed by atoms with E-state index >= 15 is 0 Å². The van der Waals surface area contributed by atoms with E-state index in [0.717, 1.165) is 5.03 Å². The van der Waals surface area contributed by atoms with Crippen LogP contribution in [0.15, 0.2) is 41.4 Å². The van der Waals surface area contributed by atoms with Crippen LogP contribution in [0, 0.1) is 0 Å². The van der Waals surface area contributed by atoms with Gasteiger partial charge in [-0.2, -0.15) is 0 Å². The van der Waals surface area contributed by atoms with E-state index in [2.05, 4.69) is 0 Å². The van der Waals surface area contributed by atoms with Crippen LogP contribution in [0.5, 0.6) is 0 Å². The third kappa shape index (κ3) is 5.84. The average molecular weight is 269 g/mol. The highest BCUT2D eigenvalue weighted by atomic mass is 35.5. The molecule has 0 saturated heterocycles. The molecule has 0 aliphatic carbocycles. The van der Waals surface area contributed by atoms with Gasteiger partial charge in [0.15, 0.2) is 0 Å². The molecule has 3 nitrogen and oxygen atoms in total. The van der Waals surface area contributed by atoms with Crippen LogP contribution >= 0.6 is 11.6 Å². The summed E-state index contributed by atoms with van der Waals surface area (Å²) in [5.41, 5.74) is 0.568. The monoisotopic (exact) mass is 268 g/mol. The molecule has 0 spiro atoms. The molecule has 0 bridgehead atoms. The molecule has 0 radical (unpaired) electrons. The van der Waals surface area contributed by atoms with E-state index in [9.17, 15) is 4.79 Å². The molecular weight excluding hydrogens is 252 g/mol. The largest absolute Gasteiger partial charge is 0.462 e. The fourth-order valence-electron chi connectivity index (χ4n) is 1.34. The van der Waals surface area contributed by atoms with Crippen molar-refractivity contribution in [3.05, 3.63) is 47.0 Å². The van der Waals surface area contributed by atoms with Crippen molar-refractivity contribution in [3.8, 4) is 0 Å². The predicted molar refractivity (Wildman–Crippen MR) is 71.8 cm³/mol. The highest BCUT2D eigenvalue weighted by Gasteiger charge is 2.05. The molecule has 18 heavy (non-hydrogen) atoms. The molecule has 0 N–H and O–H groups in total. The summed E-state index contributed by atoms with van der Waals surface area (Å²) < 4.78 is 10.00. The number of rotatable bonds is 7. The molecule has 98 valence electrons. The molecule has 0 fully saturated rings. The molecule has 1 aromatic rings. The lowest BCUT2D eigenvalue weighted by atomic mass is 10.2. The second-order valence-corrected chi connectivity index (χ2v) is 4.20. The first-order valence-electron chi connectivity index (χ1n) is 5.79. The molecule has 0 saturated carbocycles. The lowest BCUT2D eigenvalue weighted by Crippen LogP contribution is -2.06. The van der Waals surface area contributed by atoms with Gasteiger partial charge in [-0.1, -0.05) is 29.8 Å². The smallest absolute Gasteiger partial charge is 0.338 e. The van der Waals surface area contributed by atoms with Gasteiger partial charge in [0.1, 0.15) is 0 Å². The quantitative estimate of drug-likeness (QED) is 0.562. The van der Waals surface area contributed by atoms with Gasteiger partial charge in [-0.05, 0) is 31.1 Å². The molecule has 0 unspecified atom stereocenters. The van der Waals surface area contributed by atoms with Crippen molar-refractivity contribution < 1.29 is 14.3 Å². The van der Waals surface area contributed by atoms with Gasteiger partial charge in [0.05, 0.1) is 18.8 Å². The minimum absolute atomic E-state index is 0.299. The van der Waals surface area contributed by atoms with Crippen LogP contribution in [-0.4, -0.2) is 26.3 Å². The molecule has 1 rings (SSSR count). The van der Waals surface area contributed by atoms with E-state index in [1.165, 1.54) is 0 Å². The van der Waals surface area contributed by atoms with Crippen molar-refractivity contribution in [3.63, 3.8) is 0 Å². The number of allylic oxidation sites excluding steroid dienone is 1. The number of esters is 1. The summed E-state index contributed by atoms with van der Waals surface area (Å²) in [4.78, 5) is 11.6. The van der Waals surface area contributed by atoms with Gasteiger partial charge >= 0.3 is 5.97 Å². The highest BCUT2D eigenvalue weighted by Crippen LogP contribution is 2.10. The van der Waals surface area contributed by atoms with Crippen LogP contribution in [0.1, 0.15) is 23.2 Å². The molecule has 0 atom stereocenters. The summed E-state index contributed by atoms with van der Waals surface area (Å²) in [6.45, 7) is 0.868. The second-order valence-electron chi connectivity index (χ2n) is 3.71. The number of hydrogen-bond acceptors (Lipinski definition) is 3. The molecule has 0 aromatic heterocycles. The summed E-state index contributed by atoms with van der Waals surface area (Å²) in [5, 5.41) is 0.729. The third-order valence-corrected chi connectivity index (χ3v) is 2.62. The Morgan fingerprint density at radius 3 is 2.72 bits per heavy atom. The SMILES string of the molecule is COC/C=C(\Cl)CCCOC(=O)c1ccccc1. The van der Waals surface area contributed by atoms with Crippen LogP contribution in [0.2, 0.25) is 0 Å². The Hall–Kier alpha value is -1.32. The number of hydrogen-bond donors (Lipinski definition) is 0. The Bertz CT molecular complexity index is 387. The van der Waals surface area contributed by atoms with E-state index in [0.29, 0.717) is 31.6 Å². The van der Waals surface area contributed by atoms with Crippen LogP contribution in [0.4, 0.5) is 0 Å². The van der Waals surface area contributed by atoms with Crippen LogP contribution in [-0.2, 0) is 9.47 Å². The maximum absolute atomic E-state index is 11.6. The first-order valence-corrected chi connectivity index (χ1v) is 6.17. The van der Waals surface area contributed by atoms with Gasteiger partial charge in [-0.15, -0.1) is 0 Å². The lowest BCUT2D eigenvalue weighted by molar-refractivity contribution is 0.0501. The van der Waals surface area contributed by atoms with Gasteiger partial charge in [0, 0.05) is 12.1 Å². The zero-order valence-corrected chi connectivity index (χ0v) is 11.2. The number of carbonyl (C=O) groups excluding carboxylic acids is 1. The van der Waals surface area contributed by atoms with Crippen LogP contribution < -0.4 is 0 Å². The van der Waals surface area contributed by atoms with Crippen molar-refractivity contribution >= 4 is 17.6 Å². The zero-order valence-electron chi connectivity index (χ0n) is 10.4. The maximum Gasteiger partial charge on any atom is 0.338 e. The summed E-state index contributed by atoms with van der Waals surface area (Å²) in [7, 11) is 1.61. The van der Waals surface area contributed by atoms with E-state index in [-0.39, 0.29) is 5.97 Å². The van der Waals surface area contributed by atoms with Gasteiger partial charge < -0.3 is 9.47 Å². The summed E-state index contributed by atoms with van der Waals surface area (Å²) in [5.74, 6) is -0.299. The number of halogens is 1. The molecule has 0 amide bonds. The topological polar surface area (TPSA) is 35.5 Å². The Morgan fingerprint density at radius 2 is 2.06 bits per heavy atom. The zero-order chi connectivity index (χ0) is 13.2. The molecule has 0 aliphatic rings. The standard InChI is InChI=1S/C14H17ClO3/c1-17-11-9-13(15)8-5-10-18-14(16)12-6-3-2-4-7-12/h2-4,6-7,9H,5,8,10-11H2,1H3/b13-9-. The lowest BCUT2D eigenvalue weighted by Gasteiger charge is -2.04. The molecule has 0 aliphatic heterocycles. The summed E-state index contributed by atoms with van der Waals surface area (Å²) in [6.07, 6.45) is 3.20. The van der Waals surface area contributed by atoms with Gasteiger partial charge in [0.2, 0.25) is 0 Å². The minimum Gasteiger partial charge on any atom is -0.462 e. The van der Waals surface area contributed by atoms with Crippen molar-refractivity contribution in [2.45, 2.75) is 12.8 Å². The Kier molecular flexibility index (Phi) is 7.14. The normalized spacial score (nSPS) is 11.3. The highest BCUT2D eigenvalue weighted by molar-refractivity contribution is 6.29. The molecule has 1 aromatic carbocycles. The summed E-state index contributed by atoms with van der Waals surface area (Å²) >= 11 is 5.93. The number of benzene rings is 1. The van der Waals surface area contributed by atoms with Gasteiger partial charge in [-0.25, -0.2) is 4.79 Å². The maximum atomic E-state index is 11.6. The number of ether oxygens (including phenoxy) is 2. The van der Waals surface area contributed by atoms with Crippen molar-refractivity contribution in [2.75, 3.05) is 20.3 Å². The van der Waals surface area contributed by atoms with Gasteiger partial charge in [0.25, 0.3) is 0 Å². The fraction of sp³-hybridized carbons (Fsp3) is 0.357. The number of carbonyl (C=O) groups is 1. The van der Waals surface area contributed by atoms with E-state index in [1.807, 2.05) is 6.07 Å². The number of methoxy groups -OCH3 is 1. The van der Waals surface area contributed by atoms with E-state index in [4.69, 9.17) is 21.1 Å². The van der Waals surface area contributed by atoms with Crippen molar-refractivity contribution in [1.29, 1.82) is 0 Å². The average Bonchev–Trinajstić information content (AvgIpc) is 2.42. The third-order valence-electron chi connectivity index (χ3n) is 2.27. The first kappa shape index (κ1) is 14.7. The molecular formula is C14H17ClO3. The summed E-state index contributed by atoms with van der Waals surface area (Å²) in [6, 6.07) is 8.93. The van der Waals surface area contributed by atoms with E-state index in [1.54, 1.807) is 37.5 Å². The first-order chi connectivity index (χ1) is 8.74. The second kappa shape index (κ2) is 8.72. The van der Waals surface area contributed by atoms with Gasteiger partial charge in [-0.3, -0.25) is 0 Å². The van der Waals surface area contributed by atoms with Crippen LogP contribution in [0.3, 0.4) is 0 Å². The fourth-order valence-corrected chi connectivity index (χ4v) is 1.54. The van der Waals surface area contributed by atoms with Crippen molar-refractivity contribution in [2.24, 2.45) is 0 Å². The van der Waals surface area contributed by atoms with Crippen LogP contribution in [0.25, 0.3) is 0 Å². The Balaban J connectivity index is 2.21.